The summed E-state index contributed by atoms with van der Waals surface area (Å²) in [5, 5.41) is 0. The van der Waals surface area contributed by atoms with Gasteiger partial charge in [0, 0.05) is 12.2 Å². The number of hydrogen-bond acceptors (Lipinski definition) is 3. The van der Waals surface area contributed by atoms with Crippen LogP contribution in [-0.2, 0) is 4.74 Å². The molecule has 1 fully saturated rings. The number of ether oxygens (including phenoxy) is 1. The van der Waals surface area contributed by atoms with E-state index in [0.29, 0.717) is 13.2 Å². The molecule has 0 N–H and O–H groups in total. The van der Waals surface area contributed by atoms with Crippen LogP contribution in [0.3, 0.4) is 0 Å². The highest BCUT2D eigenvalue weighted by Crippen LogP contribution is 2.37. The Morgan fingerprint density at radius 3 is 2.68 bits per heavy atom. The molecule has 104 valence electrons. The van der Waals surface area contributed by atoms with Gasteiger partial charge in [0.25, 0.3) is 0 Å². The van der Waals surface area contributed by atoms with E-state index >= 15 is 0 Å². The monoisotopic (exact) mass is 278 g/mol. The summed E-state index contributed by atoms with van der Waals surface area (Å²) in [6, 6.07) is 7.90. The van der Waals surface area contributed by atoms with Crippen molar-refractivity contribution in [1.29, 1.82) is 0 Å². The van der Waals surface area contributed by atoms with Crippen molar-refractivity contribution in [3.05, 3.63) is 35.4 Å². The summed E-state index contributed by atoms with van der Waals surface area (Å²) < 4.78 is 5.17. The lowest BCUT2D eigenvalue weighted by atomic mass is 9.95. The standard InChI is InChI=1S/C16H22O2S/c1-3-4-11-19-16(9-10-18-12-16)15(17)14-7-5-13(2)6-8-14/h5-8H,3-4,9-12H2,1-2H3. The lowest BCUT2D eigenvalue weighted by Crippen LogP contribution is -2.36. The van der Waals surface area contributed by atoms with E-state index in [1.54, 1.807) is 11.8 Å². The Kier molecular flexibility index (Phi) is 5.06. The quantitative estimate of drug-likeness (QED) is 0.583. The summed E-state index contributed by atoms with van der Waals surface area (Å²) in [6.45, 7) is 5.49. The molecule has 0 bridgehead atoms. The molecule has 3 heteroatoms. The maximum Gasteiger partial charge on any atom is 0.181 e. The van der Waals surface area contributed by atoms with Gasteiger partial charge < -0.3 is 4.74 Å². The third-order valence-electron chi connectivity index (χ3n) is 3.59. The third-order valence-corrected chi connectivity index (χ3v) is 5.14. The van der Waals surface area contributed by atoms with Gasteiger partial charge in [0.05, 0.1) is 6.61 Å². The van der Waals surface area contributed by atoms with Crippen LogP contribution in [0.1, 0.15) is 42.1 Å². The maximum absolute atomic E-state index is 12.8. The van der Waals surface area contributed by atoms with Crippen LogP contribution in [0.15, 0.2) is 24.3 Å². The van der Waals surface area contributed by atoms with Crippen molar-refractivity contribution in [2.75, 3.05) is 19.0 Å². The topological polar surface area (TPSA) is 26.3 Å². The molecule has 2 rings (SSSR count). The summed E-state index contributed by atoms with van der Waals surface area (Å²) in [7, 11) is 0. The Hall–Kier alpha value is -0.800. The molecule has 0 spiro atoms. The van der Waals surface area contributed by atoms with Crippen molar-refractivity contribution in [3.8, 4) is 0 Å². The number of ketones is 1. The van der Waals surface area contributed by atoms with Crippen LogP contribution >= 0.6 is 11.8 Å². The van der Waals surface area contributed by atoms with Crippen LogP contribution in [0.25, 0.3) is 0 Å². The van der Waals surface area contributed by atoms with Gasteiger partial charge in [-0.1, -0.05) is 43.2 Å². The molecule has 0 aliphatic carbocycles. The molecule has 19 heavy (non-hydrogen) atoms. The van der Waals surface area contributed by atoms with Gasteiger partial charge in [-0.05, 0) is 25.5 Å². The molecule has 0 radical (unpaired) electrons. The molecule has 1 atom stereocenters. The van der Waals surface area contributed by atoms with Crippen LogP contribution in [0.2, 0.25) is 0 Å². The minimum absolute atomic E-state index is 0.242. The normalized spacial score (nSPS) is 22.6. The van der Waals surface area contributed by atoms with Crippen molar-refractivity contribution < 1.29 is 9.53 Å². The average molecular weight is 278 g/mol. The minimum atomic E-state index is -0.343. The van der Waals surface area contributed by atoms with E-state index in [0.717, 1.165) is 24.2 Å². The van der Waals surface area contributed by atoms with Crippen molar-refractivity contribution in [2.45, 2.75) is 37.9 Å². The molecule has 0 aromatic heterocycles. The molecule has 1 unspecified atom stereocenters. The summed E-state index contributed by atoms with van der Waals surface area (Å²) >= 11 is 1.79. The van der Waals surface area contributed by atoms with Crippen molar-refractivity contribution in [1.82, 2.24) is 0 Å². The van der Waals surface area contributed by atoms with E-state index in [2.05, 4.69) is 6.92 Å². The van der Waals surface area contributed by atoms with E-state index in [4.69, 9.17) is 4.74 Å². The second-order valence-corrected chi connectivity index (χ2v) is 6.67. The molecule has 0 saturated carbocycles. The van der Waals surface area contributed by atoms with Crippen LogP contribution in [0, 0.1) is 6.92 Å². The fourth-order valence-corrected chi connectivity index (χ4v) is 3.75. The first-order valence-corrected chi connectivity index (χ1v) is 8.00. The third kappa shape index (κ3) is 3.40. The number of benzene rings is 1. The highest BCUT2D eigenvalue weighted by Gasteiger charge is 2.42. The van der Waals surface area contributed by atoms with Crippen molar-refractivity contribution >= 4 is 17.5 Å². The maximum atomic E-state index is 12.8. The number of carbonyl (C=O) groups is 1. The number of aryl methyl sites for hydroxylation is 1. The van der Waals surface area contributed by atoms with Crippen LogP contribution in [0.5, 0.6) is 0 Å². The Morgan fingerprint density at radius 1 is 1.37 bits per heavy atom. The van der Waals surface area contributed by atoms with Crippen molar-refractivity contribution in [2.24, 2.45) is 0 Å². The van der Waals surface area contributed by atoms with E-state index in [1.807, 2.05) is 31.2 Å². The van der Waals surface area contributed by atoms with Crippen LogP contribution < -0.4 is 0 Å². The van der Waals surface area contributed by atoms with E-state index in [-0.39, 0.29) is 10.5 Å². The largest absolute Gasteiger partial charge is 0.379 e. The second kappa shape index (κ2) is 6.58. The van der Waals surface area contributed by atoms with Gasteiger partial charge in [0.2, 0.25) is 0 Å². The predicted octanol–water partition coefficient (Wildman–Crippen LogP) is 3.87. The van der Waals surface area contributed by atoms with Gasteiger partial charge >= 0.3 is 0 Å². The number of unbranched alkanes of at least 4 members (excludes halogenated alkanes) is 1. The number of hydrogen-bond donors (Lipinski definition) is 0. The molecule has 2 nitrogen and oxygen atoms in total. The highest BCUT2D eigenvalue weighted by molar-refractivity contribution is 8.01. The molecule has 1 saturated heterocycles. The molecule has 1 heterocycles. The Balaban J connectivity index is 2.14. The van der Waals surface area contributed by atoms with E-state index in [9.17, 15) is 4.79 Å². The van der Waals surface area contributed by atoms with Gasteiger partial charge in [0.1, 0.15) is 4.75 Å². The first kappa shape index (κ1) is 14.6. The lowest BCUT2D eigenvalue weighted by Gasteiger charge is -2.25. The zero-order valence-electron chi connectivity index (χ0n) is 11.8. The smallest absolute Gasteiger partial charge is 0.181 e. The number of rotatable bonds is 6. The first-order valence-electron chi connectivity index (χ1n) is 7.01. The Labute approximate surface area is 119 Å². The summed E-state index contributed by atoms with van der Waals surface area (Å²) in [6.07, 6.45) is 3.17. The van der Waals surface area contributed by atoms with Crippen LogP contribution in [-0.4, -0.2) is 29.5 Å². The van der Waals surface area contributed by atoms with Gasteiger partial charge in [0.15, 0.2) is 5.78 Å². The summed E-state index contributed by atoms with van der Waals surface area (Å²) in [4.78, 5) is 12.8. The molecule has 1 aromatic rings. The Bertz CT molecular complexity index is 419. The second-order valence-electron chi connectivity index (χ2n) is 5.19. The number of Topliss-reactive ketones (excluding diaryl/α,β-unsaturated/α-hetero) is 1. The number of carbonyl (C=O) groups excluding carboxylic acids is 1. The molecular formula is C16H22O2S. The SMILES string of the molecule is CCCCSC1(C(=O)c2ccc(C)cc2)CCOC1. The van der Waals surface area contributed by atoms with Gasteiger partial charge in [-0.2, -0.15) is 0 Å². The first-order chi connectivity index (χ1) is 9.18. The summed E-state index contributed by atoms with van der Waals surface area (Å²) in [5.74, 6) is 1.28. The molecular weight excluding hydrogens is 256 g/mol. The predicted molar refractivity (Wildman–Crippen MR) is 81.0 cm³/mol. The fourth-order valence-electron chi connectivity index (χ4n) is 2.28. The molecule has 1 aliphatic rings. The fraction of sp³-hybridized carbons (Fsp3) is 0.562. The number of thioether (sulfide) groups is 1. The van der Waals surface area contributed by atoms with Gasteiger partial charge in [-0.15, -0.1) is 11.8 Å². The zero-order chi connectivity index (χ0) is 13.7. The van der Waals surface area contributed by atoms with E-state index < -0.39 is 0 Å². The molecule has 0 amide bonds. The molecule has 1 aromatic carbocycles. The Morgan fingerprint density at radius 2 is 2.11 bits per heavy atom. The highest BCUT2D eigenvalue weighted by atomic mass is 32.2. The lowest BCUT2D eigenvalue weighted by molar-refractivity contribution is 0.0927. The average Bonchev–Trinajstić information content (AvgIpc) is 2.89. The van der Waals surface area contributed by atoms with Crippen LogP contribution in [0.4, 0.5) is 0 Å². The molecule has 1 aliphatic heterocycles. The van der Waals surface area contributed by atoms with Gasteiger partial charge in [-0.25, -0.2) is 0 Å². The zero-order valence-corrected chi connectivity index (χ0v) is 12.6. The minimum Gasteiger partial charge on any atom is -0.379 e. The van der Waals surface area contributed by atoms with E-state index in [1.165, 1.54) is 12.0 Å². The van der Waals surface area contributed by atoms with Crippen molar-refractivity contribution in [3.63, 3.8) is 0 Å². The van der Waals surface area contributed by atoms with Gasteiger partial charge in [-0.3, -0.25) is 4.79 Å². The summed E-state index contributed by atoms with van der Waals surface area (Å²) in [5.41, 5.74) is 2.01.